The van der Waals surface area contributed by atoms with Gasteiger partial charge < -0.3 is 5.32 Å². The smallest absolute Gasteiger partial charge is 0.220 e. The third-order valence-electron chi connectivity index (χ3n) is 1.95. The third-order valence-corrected chi connectivity index (χ3v) is 1.95. The number of hydrogen-bond acceptors (Lipinski definition) is 2. The van der Waals surface area contributed by atoms with Crippen molar-refractivity contribution in [1.29, 1.82) is 0 Å². The van der Waals surface area contributed by atoms with Crippen molar-refractivity contribution in [3.63, 3.8) is 0 Å². The Bertz CT molecular complexity index is 328. The molecule has 1 aromatic heterocycles. The van der Waals surface area contributed by atoms with Crippen LogP contribution in [0.5, 0.6) is 0 Å². The SMILES string of the molecule is CCC(=O)N[C@H](C)c1cccnc1F. The van der Waals surface area contributed by atoms with Crippen molar-refractivity contribution < 1.29 is 9.18 Å². The molecule has 0 fully saturated rings. The zero-order valence-corrected chi connectivity index (χ0v) is 8.25. The molecule has 0 aliphatic carbocycles. The Morgan fingerprint density at radius 1 is 1.71 bits per heavy atom. The predicted octanol–water partition coefficient (Wildman–Crippen LogP) is 1.81. The van der Waals surface area contributed by atoms with Crippen LogP contribution in [0.25, 0.3) is 0 Å². The summed E-state index contributed by atoms with van der Waals surface area (Å²) in [6.45, 7) is 3.48. The van der Waals surface area contributed by atoms with Gasteiger partial charge in [0.05, 0.1) is 6.04 Å². The Morgan fingerprint density at radius 3 is 3.00 bits per heavy atom. The number of pyridine rings is 1. The van der Waals surface area contributed by atoms with Gasteiger partial charge in [-0.25, -0.2) is 4.98 Å². The number of amides is 1. The molecule has 0 saturated heterocycles. The number of aromatic nitrogens is 1. The van der Waals surface area contributed by atoms with Crippen LogP contribution in [0.1, 0.15) is 31.9 Å². The molecule has 1 aromatic rings. The Labute approximate surface area is 82.4 Å². The van der Waals surface area contributed by atoms with Crippen LogP contribution in [-0.2, 0) is 4.79 Å². The van der Waals surface area contributed by atoms with Gasteiger partial charge in [0, 0.05) is 18.2 Å². The molecule has 0 aliphatic heterocycles. The molecule has 0 aromatic carbocycles. The predicted molar refractivity (Wildman–Crippen MR) is 51.0 cm³/mol. The zero-order valence-electron chi connectivity index (χ0n) is 8.25. The van der Waals surface area contributed by atoms with Crippen molar-refractivity contribution in [2.24, 2.45) is 0 Å². The molecule has 0 saturated carbocycles. The lowest BCUT2D eigenvalue weighted by molar-refractivity contribution is -0.121. The maximum Gasteiger partial charge on any atom is 0.220 e. The first-order valence-electron chi connectivity index (χ1n) is 4.55. The van der Waals surface area contributed by atoms with E-state index in [1.165, 1.54) is 6.20 Å². The monoisotopic (exact) mass is 196 g/mol. The second kappa shape index (κ2) is 4.69. The van der Waals surface area contributed by atoms with Crippen LogP contribution in [-0.4, -0.2) is 10.9 Å². The fourth-order valence-corrected chi connectivity index (χ4v) is 1.14. The van der Waals surface area contributed by atoms with E-state index in [9.17, 15) is 9.18 Å². The summed E-state index contributed by atoms with van der Waals surface area (Å²) >= 11 is 0. The average molecular weight is 196 g/mol. The van der Waals surface area contributed by atoms with Gasteiger partial charge in [0.2, 0.25) is 11.9 Å². The molecule has 14 heavy (non-hydrogen) atoms. The van der Waals surface area contributed by atoms with Crippen molar-refractivity contribution in [2.45, 2.75) is 26.3 Å². The molecule has 3 nitrogen and oxygen atoms in total. The van der Waals surface area contributed by atoms with Gasteiger partial charge in [0.25, 0.3) is 0 Å². The number of hydrogen-bond donors (Lipinski definition) is 1. The molecule has 0 radical (unpaired) electrons. The zero-order chi connectivity index (χ0) is 10.6. The van der Waals surface area contributed by atoms with Crippen LogP contribution >= 0.6 is 0 Å². The van der Waals surface area contributed by atoms with Gasteiger partial charge in [-0.15, -0.1) is 0 Å². The van der Waals surface area contributed by atoms with E-state index in [0.717, 1.165) is 0 Å². The molecule has 1 heterocycles. The summed E-state index contributed by atoms with van der Waals surface area (Å²) in [5, 5.41) is 2.67. The number of nitrogens with zero attached hydrogens (tertiary/aromatic N) is 1. The molecule has 1 rings (SSSR count). The summed E-state index contributed by atoms with van der Waals surface area (Å²) in [6, 6.07) is 2.92. The second-order valence-electron chi connectivity index (χ2n) is 3.03. The highest BCUT2D eigenvalue weighted by Gasteiger charge is 2.12. The quantitative estimate of drug-likeness (QED) is 0.749. The summed E-state index contributed by atoms with van der Waals surface area (Å²) in [5.74, 6) is -0.628. The van der Waals surface area contributed by atoms with Crippen molar-refractivity contribution in [2.75, 3.05) is 0 Å². The minimum absolute atomic E-state index is 0.0965. The van der Waals surface area contributed by atoms with E-state index in [2.05, 4.69) is 10.3 Å². The maximum absolute atomic E-state index is 13.1. The summed E-state index contributed by atoms with van der Waals surface area (Å²) in [7, 11) is 0. The van der Waals surface area contributed by atoms with E-state index in [1.54, 1.807) is 26.0 Å². The normalized spacial score (nSPS) is 12.2. The van der Waals surface area contributed by atoms with E-state index in [1.807, 2.05) is 0 Å². The van der Waals surface area contributed by atoms with Crippen LogP contribution < -0.4 is 5.32 Å². The van der Waals surface area contributed by atoms with Crippen molar-refractivity contribution in [1.82, 2.24) is 10.3 Å². The Hall–Kier alpha value is -1.45. The van der Waals surface area contributed by atoms with Gasteiger partial charge in [-0.2, -0.15) is 4.39 Å². The van der Waals surface area contributed by atoms with Gasteiger partial charge in [-0.1, -0.05) is 13.0 Å². The molecule has 76 valence electrons. The first-order valence-corrected chi connectivity index (χ1v) is 4.55. The molecule has 1 amide bonds. The van der Waals surface area contributed by atoms with Crippen LogP contribution in [0.15, 0.2) is 18.3 Å². The number of carbonyl (C=O) groups excluding carboxylic acids is 1. The fraction of sp³-hybridized carbons (Fsp3) is 0.400. The summed E-state index contributed by atoms with van der Waals surface area (Å²) < 4.78 is 13.1. The number of halogens is 1. The molecule has 1 N–H and O–H groups in total. The van der Waals surface area contributed by atoms with Crippen LogP contribution in [0.3, 0.4) is 0 Å². The van der Waals surface area contributed by atoms with Gasteiger partial charge in [-0.3, -0.25) is 4.79 Å². The highest BCUT2D eigenvalue weighted by molar-refractivity contribution is 5.75. The van der Waals surface area contributed by atoms with Crippen LogP contribution in [0.2, 0.25) is 0 Å². The lowest BCUT2D eigenvalue weighted by atomic mass is 10.1. The van der Waals surface area contributed by atoms with E-state index < -0.39 is 5.95 Å². The number of rotatable bonds is 3. The van der Waals surface area contributed by atoms with E-state index in [0.29, 0.717) is 12.0 Å². The fourth-order valence-electron chi connectivity index (χ4n) is 1.14. The van der Waals surface area contributed by atoms with Gasteiger partial charge in [-0.05, 0) is 13.0 Å². The third kappa shape index (κ3) is 2.52. The molecule has 0 unspecified atom stereocenters. The lowest BCUT2D eigenvalue weighted by Crippen LogP contribution is -2.26. The van der Waals surface area contributed by atoms with Crippen LogP contribution in [0, 0.1) is 5.95 Å². The van der Waals surface area contributed by atoms with Crippen molar-refractivity contribution in [3.8, 4) is 0 Å². The van der Waals surface area contributed by atoms with E-state index in [4.69, 9.17) is 0 Å². The molecular formula is C10H13FN2O. The standard InChI is InChI=1S/C10H13FN2O/c1-3-9(14)13-7(2)8-5-4-6-12-10(8)11/h4-7H,3H2,1-2H3,(H,13,14)/t7-/m1/s1. The molecule has 0 spiro atoms. The average Bonchev–Trinajstić information content (AvgIpc) is 2.18. The molecule has 1 atom stereocenters. The Morgan fingerprint density at radius 2 is 2.43 bits per heavy atom. The minimum Gasteiger partial charge on any atom is -0.349 e. The topological polar surface area (TPSA) is 42.0 Å². The first kappa shape index (κ1) is 10.6. The van der Waals surface area contributed by atoms with E-state index >= 15 is 0 Å². The number of nitrogens with one attached hydrogen (secondary N) is 1. The lowest BCUT2D eigenvalue weighted by Gasteiger charge is -2.13. The largest absolute Gasteiger partial charge is 0.349 e. The first-order chi connectivity index (χ1) is 6.65. The molecule has 4 heteroatoms. The van der Waals surface area contributed by atoms with Crippen molar-refractivity contribution in [3.05, 3.63) is 29.8 Å². The molecule has 0 aliphatic rings. The summed E-state index contributed by atoms with van der Waals surface area (Å²) in [6.07, 6.45) is 1.78. The Balaban J connectivity index is 2.74. The number of carbonyl (C=O) groups is 1. The maximum atomic E-state index is 13.1. The summed E-state index contributed by atoms with van der Waals surface area (Å²) in [4.78, 5) is 14.6. The highest BCUT2D eigenvalue weighted by atomic mass is 19.1. The van der Waals surface area contributed by atoms with Gasteiger partial charge in [0.1, 0.15) is 0 Å². The van der Waals surface area contributed by atoms with Gasteiger partial charge in [0.15, 0.2) is 0 Å². The van der Waals surface area contributed by atoms with Crippen LogP contribution in [0.4, 0.5) is 4.39 Å². The summed E-state index contributed by atoms with van der Waals surface area (Å²) in [5.41, 5.74) is 0.411. The molecular weight excluding hydrogens is 183 g/mol. The van der Waals surface area contributed by atoms with E-state index in [-0.39, 0.29) is 11.9 Å². The highest BCUT2D eigenvalue weighted by Crippen LogP contribution is 2.13. The second-order valence-corrected chi connectivity index (χ2v) is 3.03. The molecule has 0 bridgehead atoms. The van der Waals surface area contributed by atoms with Crippen molar-refractivity contribution >= 4 is 5.91 Å². The van der Waals surface area contributed by atoms with Gasteiger partial charge >= 0.3 is 0 Å². The minimum atomic E-state index is -0.531. The Kier molecular flexibility index (Phi) is 3.56.